The van der Waals surface area contributed by atoms with Gasteiger partial charge < -0.3 is 10.0 Å². The molecular formula is C16H25NO2. The summed E-state index contributed by atoms with van der Waals surface area (Å²) < 4.78 is 0. The molecule has 0 aliphatic carbocycles. The number of hydrogen-bond donors (Lipinski definition) is 1. The van der Waals surface area contributed by atoms with E-state index in [1.807, 2.05) is 19.1 Å². The van der Waals surface area contributed by atoms with Crippen LogP contribution in [0.15, 0.2) is 24.3 Å². The Morgan fingerprint density at radius 2 is 1.84 bits per heavy atom. The van der Waals surface area contributed by atoms with E-state index in [-0.39, 0.29) is 18.6 Å². The topological polar surface area (TPSA) is 40.5 Å². The number of carbonyl (C=O) groups is 1. The average Bonchev–Trinajstić information content (AvgIpc) is 2.44. The summed E-state index contributed by atoms with van der Waals surface area (Å²) in [6.45, 7) is 4.02. The van der Waals surface area contributed by atoms with Crippen molar-refractivity contribution in [2.45, 2.75) is 45.6 Å². The summed E-state index contributed by atoms with van der Waals surface area (Å²) in [6, 6.07) is 8.14. The molecule has 0 aliphatic rings. The van der Waals surface area contributed by atoms with Gasteiger partial charge in [0.1, 0.15) is 0 Å². The SMILES string of the molecule is CCCCc1ccc(CC(=O)N(C)C(C)CO)cc1. The molecule has 0 aromatic heterocycles. The van der Waals surface area contributed by atoms with Gasteiger partial charge in [0.2, 0.25) is 5.91 Å². The van der Waals surface area contributed by atoms with Gasteiger partial charge in [-0.25, -0.2) is 0 Å². The lowest BCUT2D eigenvalue weighted by Gasteiger charge is -2.23. The Morgan fingerprint density at radius 3 is 2.37 bits per heavy atom. The van der Waals surface area contributed by atoms with Gasteiger partial charge >= 0.3 is 0 Å². The van der Waals surface area contributed by atoms with E-state index in [9.17, 15) is 4.79 Å². The molecule has 1 aromatic carbocycles. The largest absolute Gasteiger partial charge is 0.394 e. The van der Waals surface area contributed by atoms with Gasteiger partial charge in [-0.2, -0.15) is 0 Å². The minimum Gasteiger partial charge on any atom is -0.394 e. The highest BCUT2D eigenvalue weighted by Crippen LogP contribution is 2.10. The van der Waals surface area contributed by atoms with Crippen LogP contribution in [-0.4, -0.2) is 35.6 Å². The van der Waals surface area contributed by atoms with E-state index in [1.165, 1.54) is 18.4 Å². The van der Waals surface area contributed by atoms with Crippen molar-refractivity contribution in [3.8, 4) is 0 Å². The van der Waals surface area contributed by atoms with Gasteiger partial charge in [0.05, 0.1) is 19.1 Å². The van der Waals surface area contributed by atoms with Crippen molar-refractivity contribution in [1.82, 2.24) is 4.90 Å². The lowest BCUT2D eigenvalue weighted by molar-refractivity contribution is -0.131. The second-order valence-corrected chi connectivity index (χ2v) is 5.13. The van der Waals surface area contributed by atoms with Gasteiger partial charge in [-0.05, 0) is 30.9 Å². The summed E-state index contributed by atoms with van der Waals surface area (Å²) >= 11 is 0. The molecule has 0 radical (unpaired) electrons. The third kappa shape index (κ3) is 5.03. The molecule has 3 nitrogen and oxygen atoms in total. The monoisotopic (exact) mass is 263 g/mol. The molecule has 1 amide bonds. The standard InChI is InChI=1S/C16H25NO2/c1-4-5-6-14-7-9-15(10-8-14)11-16(19)17(3)13(2)12-18/h7-10,13,18H,4-6,11-12H2,1-3H3. The van der Waals surface area contributed by atoms with Crippen molar-refractivity contribution in [3.63, 3.8) is 0 Å². The average molecular weight is 263 g/mol. The maximum Gasteiger partial charge on any atom is 0.227 e. The number of carbonyl (C=O) groups excluding carboxylic acids is 1. The fourth-order valence-electron chi connectivity index (χ4n) is 1.87. The molecule has 0 bridgehead atoms. The van der Waals surface area contributed by atoms with Crippen LogP contribution in [0.25, 0.3) is 0 Å². The molecular weight excluding hydrogens is 238 g/mol. The zero-order valence-corrected chi connectivity index (χ0v) is 12.2. The van der Waals surface area contributed by atoms with Gasteiger partial charge in [-0.15, -0.1) is 0 Å². The summed E-state index contributed by atoms with van der Waals surface area (Å²) in [5.41, 5.74) is 2.36. The van der Waals surface area contributed by atoms with Crippen LogP contribution >= 0.6 is 0 Å². The summed E-state index contributed by atoms with van der Waals surface area (Å²) in [5.74, 6) is 0.0443. The molecule has 1 rings (SSSR count). The number of unbranched alkanes of at least 4 members (excludes halogenated alkanes) is 1. The Kier molecular flexibility index (Phi) is 6.57. The van der Waals surface area contributed by atoms with Crippen molar-refractivity contribution < 1.29 is 9.90 Å². The minimum atomic E-state index is -0.128. The molecule has 1 unspecified atom stereocenters. The van der Waals surface area contributed by atoms with Crippen molar-refractivity contribution in [2.24, 2.45) is 0 Å². The first kappa shape index (κ1) is 15.7. The molecule has 1 atom stereocenters. The highest BCUT2D eigenvalue weighted by molar-refractivity contribution is 5.78. The quantitative estimate of drug-likeness (QED) is 0.820. The van der Waals surface area contributed by atoms with Crippen molar-refractivity contribution in [3.05, 3.63) is 35.4 Å². The summed E-state index contributed by atoms with van der Waals surface area (Å²) in [4.78, 5) is 13.6. The van der Waals surface area contributed by atoms with Gasteiger partial charge in [0.15, 0.2) is 0 Å². The maximum atomic E-state index is 12.0. The summed E-state index contributed by atoms with van der Waals surface area (Å²) in [7, 11) is 1.73. The zero-order valence-electron chi connectivity index (χ0n) is 12.2. The highest BCUT2D eigenvalue weighted by Gasteiger charge is 2.14. The van der Waals surface area contributed by atoms with Gasteiger partial charge in [0.25, 0.3) is 0 Å². The van der Waals surface area contributed by atoms with E-state index in [1.54, 1.807) is 11.9 Å². The van der Waals surface area contributed by atoms with Crippen molar-refractivity contribution in [2.75, 3.05) is 13.7 Å². The van der Waals surface area contributed by atoms with Crippen LogP contribution in [-0.2, 0) is 17.6 Å². The first-order chi connectivity index (χ1) is 9.08. The molecule has 0 saturated heterocycles. The fourth-order valence-corrected chi connectivity index (χ4v) is 1.87. The first-order valence-corrected chi connectivity index (χ1v) is 7.02. The van der Waals surface area contributed by atoms with Crippen LogP contribution in [0.4, 0.5) is 0 Å². The molecule has 1 aromatic rings. The number of aliphatic hydroxyl groups is 1. The number of aryl methyl sites for hydroxylation is 1. The molecule has 3 heteroatoms. The molecule has 0 heterocycles. The Hall–Kier alpha value is -1.35. The normalized spacial score (nSPS) is 12.2. The van der Waals surface area contributed by atoms with Gasteiger partial charge in [-0.1, -0.05) is 37.6 Å². The zero-order chi connectivity index (χ0) is 14.3. The fraction of sp³-hybridized carbons (Fsp3) is 0.562. The number of rotatable bonds is 7. The molecule has 19 heavy (non-hydrogen) atoms. The van der Waals surface area contributed by atoms with Crippen LogP contribution in [0.5, 0.6) is 0 Å². The molecule has 106 valence electrons. The van der Waals surface area contributed by atoms with E-state index in [0.717, 1.165) is 12.0 Å². The molecule has 0 spiro atoms. The molecule has 0 saturated carbocycles. The predicted octanol–water partition coefficient (Wildman–Crippen LogP) is 2.41. The van der Waals surface area contributed by atoms with E-state index in [4.69, 9.17) is 5.11 Å². The van der Waals surface area contributed by atoms with Crippen molar-refractivity contribution >= 4 is 5.91 Å². The number of nitrogens with zero attached hydrogens (tertiary/aromatic N) is 1. The predicted molar refractivity (Wildman–Crippen MR) is 78.1 cm³/mol. The lowest BCUT2D eigenvalue weighted by Crippen LogP contribution is -2.38. The Balaban J connectivity index is 2.55. The van der Waals surface area contributed by atoms with E-state index < -0.39 is 0 Å². The Labute approximate surface area is 116 Å². The highest BCUT2D eigenvalue weighted by atomic mass is 16.3. The Bertz CT molecular complexity index is 386. The number of likely N-dealkylation sites (N-methyl/N-ethyl adjacent to an activating group) is 1. The number of hydrogen-bond acceptors (Lipinski definition) is 2. The van der Waals surface area contributed by atoms with Crippen molar-refractivity contribution in [1.29, 1.82) is 0 Å². The van der Waals surface area contributed by atoms with Crippen LogP contribution in [0.3, 0.4) is 0 Å². The van der Waals surface area contributed by atoms with Gasteiger partial charge in [0, 0.05) is 7.05 Å². The number of aliphatic hydroxyl groups excluding tert-OH is 1. The Morgan fingerprint density at radius 1 is 1.26 bits per heavy atom. The van der Waals surface area contributed by atoms with E-state index in [2.05, 4.69) is 19.1 Å². The molecule has 0 aliphatic heterocycles. The van der Waals surface area contributed by atoms with E-state index in [0.29, 0.717) is 6.42 Å². The maximum absolute atomic E-state index is 12.0. The summed E-state index contributed by atoms with van der Waals surface area (Å²) in [5, 5.41) is 9.05. The third-order valence-corrected chi connectivity index (χ3v) is 3.52. The third-order valence-electron chi connectivity index (χ3n) is 3.52. The second-order valence-electron chi connectivity index (χ2n) is 5.13. The van der Waals surface area contributed by atoms with Crippen LogP contribution in [0, 0.1) is 0 Å². The smallest absolute Gasteiger partial charge is 0.227 e. The minimum absolute atomic E-state index is 0.00179. The molecule has 0 fully saturated rings. The second kappa shape index (κ2) is 7.95. The van der Waals surface area contributed by atoms with Crippen LogP contribution in [0.1, 0.15) is 37.8 Å². The lowest BCUT2D eigenvalue weighted by atomic mass is 10.0. The van der Waals surface area contributed by atoms with Crippen LogP contribution < -0.4 is 0 Å². The van der Waals surface area contributed by atoms with Crippen LogP contribution in [0.2, 0.25) is 0 Å². The van der Waals surface area contributed by atoms with Gasteiger partial charge in [-0.3, -0.25) is 4.79 Å². The van der Waals surface area contributed by atoms with E-state index >= 15 is 0 Å². The number of amides is 1. The summed E-state index contributed by atoms with van der Waals surface area (Å²) in [6.07, 6.45) is 3.90. The number of benzene rings is 1. The first-order valence-electron chi connectivity index (χ1n) is 7.02. The molecule has 1 N–H and O–H groups in total.